The number of para-hydroxylation sites is 1. The Balaban J connectivity index is 2.49. The van der Waals surface area contributed by atoms with Crippen molar-refractivity contribution in [1.29, 1.82) is 0 Å². The van der Waals surface area contributed by atoms with Gasteiger partial charge < -0.3 is 10.1 Å². The number of hydrogen-bond acceptors (Lipinski definition) is 3. The van der Waals surface area contributed by atoms with E-state index in [0.29, 0.717) is 6.42 Å². The first-order chi connectivity index (χ1) is 8.24. The van der Waals surface area contributed by atoms with Crippen molar-refractivity contribution in [3.05, 3.63) is 29.8 Å². The van der Waals surface area contributed by atoms with E-state index in [1.807, 2.05) is 31.3 Å². The number of hydrogen-bond donors (Lipinski definition) is 1. The first-order valence-electron chi connectivity index (χ1n) is 6.10. The van der Waals surface area contributed by atoms with E-state index < -0.39 is 5.54 Å². The zero-order chi connectivity index (χ0) is 12.3. The zero-order valence-corrected chi connectivity index (χ0v) is 10.5. The number of carbonyl (C=O) groups is 1. The molecule has 0 heterocycles. The maximum Gasteiger partial charge on any atom is 0.157 e. The summed E-state index contributed by atoms with van der Waals surface area (Å²) in [7, 11) is 3.51. The molecule has 0 bridgehead atoms. The summed E-state index contributed by atoms with van der Waals surface area (Å²) in [6.45, 7) is 0. The fourth-order valence-electron chi connectivity index (χ4n) is 2.71. The van der Waals surface area contributed by atoms with E-state index in [9.17, 15) is 4.79 Å². The van der Waals surface area contributed by atoms with E-state index in [1.165, 1.54) is 0 Å². The third-order valence-electron chi connectivity index (χ3n) is 3.68. The molecule has 1 fully saturated rings. The van der Waals surface area contributed by atoms with Gasteiger partial charge in [-0.25, -0.2) is 0 Å². The van der Waals surface area contributed by atoms with Crippen LogP contribution in [0, 0.1) is 0 Å². The van der Waals surface area contributed by atoms with E-state index in [0.717, 1.165) is 30.6 Å². The lowest BCUT2D eigenvalue weighted by Gasteiger charge is -2.36. The Hall–Kier alpha value is -1.35. The van der Waals surface area contributed by atoms with Crippen molar-refractivity contribution in [2.24, 2.45) is 0 Å². The second kappa shape index (κ2) is 4.88. The molecule has 1 aromatic carbocycles. The van der Waals surface area contributed by atoms with Gasteiger partial charge in [0, 0.05) is 12.0 Å². The summed E-state index contributed by atoms with van der Waals surface area (Å²) >= 11 is 0. The van der Waals surface area contributed by atoms with Crippen molar-refractivity contribution in [3.63, 3.8) is 0 Å². The van der Waals surface area contributed by atoms with Crippen LogP contribution in [0.15, 0.2) is 24.3 Å². The summed E-state index contributed by atoms with van der Waals surface area (Å²) in [4.78, 5) is 12.3. The predicted molar refractivity (Wildman–Crippen MR) is 67.2 cm³/mol. The summed E-state index contributed by atoms with van der Waals surface area (Å²) in [5.41, 5.74) is 0.417. The number of Topliss-reactive ketones (excluding diaryl/α,β-unsaturated/α-hetero) is 1. The number of methoxy groups -OCH3 is 1. The standard InChI is InChI=1S/C14H19NO2/c1-15-14(10-6-5-9-13(14)16)11-7-3-4-8-12(11)17-2/h3-4,7-8,15H,5-6,9-10H2,1-2H3. The van der Waals surface area contributed by atoms with Crippen molar-refractivity contribution in [2.45, 2.75) is 31.2 Å². The third kappa shape index (κ3) is 1.95. The Labute approximate surface area is 102 Å². The summed E-state index contributed by atoms with van der Waals surface area (Å²) < 4.78 is 5.38. The van der Waals surface area contributed by atoms with Gasteiger partial charge in [0.25, 0.3) is 0 Å². The first-order valence-corrected chi connectivity index (χ1v) is 6.10. The maximum atomic E-state index is 12.3. The molecule has 1 atom stereocenters. The molecule has 3 nitrogen and oxygen atoms in total. The molecule has 1 aromatic rings. The van der Waals surface area contributed by atoms with Gasteiger partial charge in [-0.3, -0.25) is 4.79 Å². The van der Waals surface area contributed by atoms with Crippen molar-refractivity contribution in [1.82, 2.24) is 5.32 Å². The average molecular weight is 233 g/mol. The maximum absolute atomic E-state index is 12.3. The lowest BCUT2D eigenvalue weighted by atomic mass is 9.75. The average Bonchev–Trinajstić information content (AvgIpc) is 2.40. The summed E-state index contributed by atoms with van der Waals surface area (Å²) in [6.07, 6.45) is 3.57. The van der Waals surface area contributed by atoms with Crippen LogP contribution in [0.25, 0.3) is 0 Å². The second-order valence-electron chi connectivity index (χ2n) is 4.49. The minimum Gasteiger partial charge on any atom is -0.496 e. The van der Waals surface area contributed by atoms with Gasteiger partial charge in [0.15, 0.2) is 5.78 Å². The lowest BCUT2D eigenvalue weighted by molar-refractivity contribution is -0.127. The highest BCUT2D eigenvalue weighted by Crippen LogP contribution is 2.38. The molecule has 3 heteroatoms. The molecule has 0 spiro atoms. The number of carbonyl (C=O) groups excluding carboxylic acids is 1. The molecule has 0 amide bonds. The molecule has 1 saturated carbocycles. The van der Waals surface area contributed by atoms with Gasteiger partial charge in [0.05, 0.1) is 7.11 Å². The molecule has 2 rings (SSSR count). The second-order valence-corrected chi connectivity index (χ2v) is 4.49. The summed E-state index contributed by atoms with van der Waals surface area (Å²) in [5.74, 6) is 1.06. The van der Waals surface area contributed by atoms with Crippen LogP contribution in [0.3, 0.4) is 0 Å². The molecular weight excluding hydrogens is 214 g/mol. The highest BCUT2D eigenvalue weighted by atomic mass is 16.5. The highest BCUT2D eigenvalue weighted by molar-refractivity contribution is 5.91. The third-order valence-corrected chi connectivity index (χ3v) is 3.68. The Morgan fingerprint density at radius 1 is 1.29 bits per heavy atom. The van der Waals surface area contributed by atoms with Gasteiger partial charge in [-0.2, -0.15) is 0 Å². The Morgan fingerprint density at radius 3 is 2.71 bits per heavy atom. The smallest absolute Gasteiger partial charge is 0.157 e. The van der Waals surface area contributed by atoms with Crippen molar-refractivity contribution in [3.8, 4) is 5.75 Å². The molecule has 1 N–H and O–H groups in total. The van der Waals surface area contributed by atoms with Gasteiger partial charge in [-0.05, 0) is 26.0 Å². The number of ketones is 1. The molecule has 17 heavy (non-hydrogen) atoms. The molecular formula is C14H19NO2. The lowest BCUT2D eigenvalue weighted by Crippen LogP contribution is -2.49. The van der Waals surface area contributed by atoms with Gasteiger partial charge in [-0.1, -0.05) is 24.6 Å². The largest absolute Gasteiger partial charge is 0.496 e. The summed E-state index contributed by atoms with van der Waals surface area (Å²) in [5, 5.41) is 3.23. The summed E-state index contributed by atoms with van der Waals surface area (Å²) in [6, 6.07) is 7.78. The van der Waals surface area contributed by atoms with Crippen molar-refractivity contribution < 1.29 is 9.53 Å². The van der Waals surface area contributed by atoms with Crippen LogP contribution in [0.1, 0.15) is 31.2 Å². The molecule has 1 unspecified atom stereocenters. The van der Waals surface area contributed by atoms with E-state index in [1.54, 1.807) is 7.11 Å². The Morgan fingerprint density at radius 2 is 2.06 bits per heavy atom. The quantitative estimate of drug-likeness (QED) is 0.870. The van der Waals surface area contributed by atoms with Gasteiger partial charge in [0.1, 0.15) is 11.3 Å². The molecule has 0 saturated heterocycles. The Kier molecular flexibility index (Phi) is 3.48. The minimum absolute atomic E-state index is 0.274. The van der Waals surface area contributed by atoms with Crippen LogP contribution in [0.5, 0.6) is 5.75 Å². The van der Waals surface area contributed by atoms with Crippen LogP contribution < -0.4 is 10.1 Å². The number of ether oxygens (including phenoxy) is 1. The van der Waals surface area contributed by atoms with Crippen LogP contribution in [-0.2, 0) is 10.3 Å². The van der Waals surface area contributed by atoms with Crippen LogP contribution in [-0.4, -0.2) is 19.9 Å². The van der Waals surface area contributed by atoms with E-state index in [2.05, 4.69) is 5.32 Å². The topological polar surface area (TPSA) is 38.3 Å². The van der Waals surface area contributed by atoms with Crippen LogP contribution in [0.2, 0.25) is 0 Å². The predicted octanol–water partition coefficient (Wildman–Crippen LogP) is 2.25. The fraction of sp³-hybridized carbons (Fsp3) is 0.500. The van der Waals surface area contributed by atoms with Crippen LogP contribution in [0.4, 0.5) is 0 Å². The molecule has 0 aromatic heterocycles. The first kappa shape index (κ1) is 12.1. The fourth-order valence-corrected chi connectivity index (χ4v) is 2.71. The molecule has 1 aliphatic rings. The number of nitrogens with one attached hydrogen (secondary N) is 1. The SMILES string of the molecule is CNC1(c2ccccc2OC)CCCCC1=O. The molecule has 1 aliphatic carbocycles. The van der Waals surface area contributed by atoms with Crippen LogP contribution >= 0.6 is 0 Å². The van der Waals surface area contributed by atoms with E-state index >= 15 is 0 Å². The number of rotatable bonds is 3. The molecule has 0 aliphatic heterocycles. The molecule has 92 valence electrons. The van der Waals surface area contributed by atoms with Gasteiger partial charge in [0.2, 0.25) is 0 Å². The number of benzene rings is 1. The van der Waals surface area contributed by atoms with Gasteiger partial charge in [-0.15, -0.1) is 0 Å². The molecule has 0 radical (unpaired) electrons. The monoisotopic (exact) mass is 233 g/mol. The van der Waals surface area contributed by atoms with Crippen molar-refractivity contribution >= 4 is 5.78 Å². The van der Waals surface area contributed by atoms with E-state index in [-0.39, 0.29) is 5.78 Å². The minimum atomic E-state index is -0.551. The normalized spacial score (nSPS) is 24.7. The zero-order valence-electron chi connectivity index (χ0n) is 10.5. The Bertz CT molecular complexity index is 416. The van der Waals surface area contributed by atoms with Crippen molar-refractivity contribution in [2.75, 3.05) is 14.2 Å². The van der Waals surface area contributed by atoms with Gasteiger partial charge >= 0.3 is 0 Å². The number of likely N-dealkylation sites (N-methyl/N-ethyl adjacent to an activating group) is 1. The van der Waals surface area contributed by atoms with E-state index in [4.69, 9.17) is 4.74 Å². The highest BCUT2D eigenvalue weighted by Gasteiger charge is 2.41.